The number of aromatic nitrogens is 2. The van der Waals surface area contributed by atoms with Crippen LogP contribution in [-0.2, 0) is 6.54 Å². The van der Waals surface area contributed by atoms with E-state index in [1.807, 2.05) is 36.5 Å². The molecule has 0 atom stereocenters. The van der Waals surface area contributed by atoms with E-state index in [0.717, 1.165) is 11.3 Å². The average molecular weight is 267 g/mol. The lowest BCUT2D eigenvalue weighted by Gasteiger charge is -2.06. The molecule has 20 heavy (non-hydrogen) atoms. The van der Waals surface area contributed by atoms with Crippen molar-refractivity contribution in [2.45, 2.75) is 6.54 Å². The number of benzene rings is 1. The summed E-state index contributed by atoms with van der Waals surface area (Å²) in [7, 11) is 0. The van der Waals surface area contributed by atoms with E-state index in [-0.39, 0.29) is 5.91 Å². The zero-order valence-corrected chi connectivity index (χ0v) is 10.7. The molecule has 1 amide bonds. The number of carbonyl (C=O) groups is 1. The van der Waals surface area contributed by atoms with Gasteiger partial charge in [0.1, 0.15) is 0 Å². The largest absolute Gasteiger partial charge is 0.459 e. The van der Waals surface area contributed by atoms with Crippen LogP contribution in [0.25, 0.3) is 5.69 Å². The van der Waals surface area contributed by atoms with Gasteiger partial charge in [-0.2, -0.15) is 5.10 Å². The zero-order valence-electron chi connectivity index (χ0n) is 10.7. The van der Waals surface area contributed by atoms with Crippen LogP contribution in [0.3, 0.4) is 0 Å². The molecule has 2 heterocycles. The lowest BCUT2D eigenvalue weighted by molar-refractivity contribution is 0.0923. The minimum Gasteiger partial charge on any atom is -0.459 e. The maximum atomic E-state index is 11.8. The molecule has 3 rings (SSSR count). The van der Waals surface area contributed by atoms with Crippen LogP contribution >= 0.6 is 0 Å². The Hall–Kier alpha value is -2.82. The van der Waals surface area contributed by atoms with Gasteiger partial charge in [-0.15, -0.1) is 0 Å². The van der Waals surface area contributed by atoms with Crippen molar-refractivity contribution in [2.24, 2.45) is 0 Å². The van der Waals surface area contributed by atoms with Crippen molar-refractivity contribution in [1.29, 1.82) is 0 Å². The highest BCUT2D eigenvalue weighted by Crippen LogP contribution is 2.09. The van der Waals surface area contributed by atoms with Crippen LogP contribution in [0.2, 0.25) is 0 Å². The molecule has 0 aliphatic carbocycles. The molecule has 0 aliphatic heterocycles. The first kappa shape index (κ1) is 12.2. The average Bonchev–Trinajstić information content (AvgIpc) is 3.17. The fourth-order valence-corrected chi connectivity index (χ4v) is 1.91. The fraction of sp³-hybridized carbons (Fsp3) is 0.0667. The van der Waals surface area contributed by atoms with Gasteiger partial charge in [-0.25, -0.2) is 4.68 Å². The molecule has 5 heteroatoms. The van der Waals surface area contributed by atoms with Crippen molar-refractivity contribution < 1.29 is 9.21 Å². The van der Waals surface area contributed by atoms with Crippen LogP contribution in [0.1, 0.15) is 16.1 Å². The first-order valence-electron chi connectivity index (χ1n) is 6.23. The van der Waals surface area contributed by atoms with Crippen LogP contribution in [0.4, 0.5) is 0 Å². The summed E-state index contributed by atoms with van der Waals surface area (Å²) in [5.41, 5.74) is 1.96. The van der Waals surface area contributed by atoms with Gasteiger partial charge in [-0.1, -0.05) is 12.1 Å². The molecule has 0 saturated heterocycles. The molecule has 5 nitrogen and oxygen atoms in total. The highest BCUT2D eigenvalue weighted by Gasteiger charge is 2.07. The van der Waals surface area contributed by atoms with Gasteiger partial charge in [-0.3, -0.25) is 4.79 Å². The monoisotopic (exact) mass is 267 g/mol. The van der Waals surface area contributed by atoms with Gasteiger partial charge in [-0.05, 0) is 35.9 Å². The number of nitrogens with one attached hydrogen (secondary N) is 1. The third-order valence-electron chi connectivity index (χ3n) is 2.88. The first-order chi connectivity index (χ1) is 9.83. The van der Waals surface area contributed by atoms with Gasteiger partial charge in [0, 0.05) is 18.9 Å². The van der Waals surface area contributed by atoms with Crippen LogP contribution in [0, 0.1) is 0 Å². The van der Waals surface area contributed by atoms with E-state index < -0.39 is 0 Å². The summed E-state index contributed by atoms with van der Waals surface area (Å²) >= 11 is 0. The third-order valence-corrected chi connectivity index (χ3v) is 2.88. The van der Waals surface area contributed by atoms with Gasteiger partial charge in [0.15, 0.2) is 5.76 Å². The SMILES string of the molecule is O=C(NCc1cccc(-n2cccn2)c1)c1ccco1. The lowest BCUT2D eigenvalue weighted by Crippen LogP contribution is -2.22. The lowest BCUT2D eigenvalue weighted by atomic mass is 10.2. The molecular formula is C15H13N3O2. The number of nitrogens with zero attached hydrogens (tertiary/aromatic N) is 2. The van der Waals surface area contributed by atoms with Gasteiger partial charge in [0.25, 0.3) is 5.91 Å². The Bertz CT molecular complexity index is 688. The molecule has 0 aliphatic rings. The van der Waals surface area contributed by atoms with Crippen LogP contribution < -0.4 is 5.32 Å². The van der Waals surface area contributed by atoms with Gasteiger partial charge in [0.2, 0.25) is 0 Å². The highest BCUT2D eigenvalue weighted by molar-refractivity contribution is 5.91. The Morgan fingerprint density at radius 1 is 1.25 bits per heavy atom. The maximum Gasteiger partial charge on any atom is 0.287 e. The predicted octanol–water partition coefficient (Wildman–Crippen LogP) is 2.40. The normalized spacial score (nSPS) is 10.4. The van der Waals surface area contributed by atoms with Gasteiger partial charge < -0.3 is 9.73 Å². The Balaban J connectivity index is 1.69. The smallest absolute Gasteiger partial charge is 0.287 e. The zero-order chi connectivity index (χ0) is 13.8. The second-order valence-corrected chi connectivity index (χ2v) is 4.28. The summed E-state index contributed by atoms with van der Waals surface area (Å²) in [6, 6.07) is 13.0. The van der Waals surface area contributed by atoms with E-state index in [1.165, 1.54) is 6.26 Å². The molecule has 0 unspecified atom stereocenters. The highest BCUT2D eigenvalue weighted by atomic mass is 16.3. The summed E-state index contributed by atoms with van der Waals surface area (Å²) in [4.78, 5) is 11.8. The standard InChI is InChI=1S/C15H13N3O2/c19-15(14-6-2-9-20-14)16-11-12-4-1-5-13(10-12)18-8-3-7-17-18/h1-10H,11H2,(H,16,19). The molecule has 0 bridgehead atoms. The van der Waals surface area contributed by atoms with Crippen molar-refractivity contribution in [3.63, 3.8) is 0 Å². The van der Waals surface area contributed by atoms with Gasteiger partial charge >= 0.3 is 0 Å². The maximum absolute atomic E-state index is 11.8. The predicted molar refractivity (Wildman–Crippen MR) is 73.4 cm³/mol. The summed E-state index contributed by atoms with van der Waals surface area (Å²) in [5.74, 6) is 0.0905. The molecule has 0 spiro atoms. The van der Waals surface area contributed by atoms with Crippen molar-refractivity contribution in [2.75, 3.05) is 0 Å². The van der Waals surface area contributed by atoms with E-state index in [9.17, 15) is 4.79 Å². The van der Waals surface area contributed by atoms with Crippen molar-refractivity contribution in [3.8, 4) is 5.69 Å². The molecule has 3 aromatic rings. The topological polar surface area (TPSA) is 60.1 Å². The number of furan rings is 1. The number of amides is 1. The van der Waals surface area contributed by atoms with E-state index in [2.05, 4.69) is 10.4 Å². The Labute approximate surface area is 115 Å². The van der Waals surface area contributed by atoms with Crippen LogP contribution in [0.5, 0.6) is 0 Å². The molecule has 1 aromatic carbocycles. The molecule has 0 saturated carbocycles. The van der Waals surface area contributed by atoms with Crippen molar-refractivity contribution in [1.82, 2.24) is 15.1 Å². The quantitative estimate of drug-likeness (QED) is 0.789. The minimum absolute atomic E-state index is 0.223. The fourth-order valence-electron chi connectivity index (χ4n) is 1.91. The van der Waals surface area contributed by atoms with Crippen molar-refractivity contribution in [3.05, 3.63) is 72.4 Å². The number of carbonyl (C=O) groups excluding carboxylic acids is 1. The second kappa shape index (κ2) is 5.44. The number of hydrogen-bond donors (Lipinski definition) is 1. The minimum atomic E-state index is -0.223. The number of hydrogen-bond acceptors (Lipinski definition) is 3. The Kier molecular flexibility index (Phi) is 3.33. The molecule has 100 valence electrons. The van der Waals surface area contributed by atoms with Crippen LogP contribution in [-0.4, -0.2) is 15.7 Å². The summed E-state index contributed by atoms with van der Waals surface area (Å²) < 4.78 is 6.82. The molecule has 0 fully saturated rings. The molecule has 2 aromatic heterocycles. The Morgan fingerprint density at radius 2 is 2.20 bits per heavy atom. The van der Waals surface area contributed by atoms with Crippen LogP contribution in [0.15, 0.2) is 65.5 Å². The van der Waals surface area contributed by atoms with E-state index in [0.29, 0.717) is 12.3 Å². The summed E-state index contributed by atoms with van der Waals surface area (Å²) in [6.45, 7) is 0.439. The summed E-state index contributed by atoms with van der Waals surface area (Å²) in [6.07, 6.45) is 5.08. The molecule has 0 radical (unpaired) electrons. The third kappa shape index (κ3) is 2.61. The molecule has 1 N–H and O–H groups in total. The Morgan fingerprint density at radius 3 is 2.95 bits per heavy atom. The summed E-state index contributed by atoms with van der Waals surface area (Å²) in [5, 5.41) is 6.99. The number of rotatable bonds is 4. The van der Waals surface area contributed by atoms with E-state index >= 15 is 0 Å². The van der Waals surface area contributed by atoms with E-state index in [4.69, 9.17) is 4.42 Å². The second-order valence-electron chi connectivity index (χ2n) is 4.28. The van der Waals surface area contributed by atoms with E-state index in [1.54, 1.807) is 23.0 Å². The van der Waals surface area contributed by atoms with Crippen molar-refractivity contribution >= 4 is 5.91 Å². The van der Waals surface area contributed by atoms with Gasteiger partial charge in [0.05, 0.1) is 12.0 Å². The molecular weight excluding hydrogens is 254 g/mol. The first-order valence-corrected chi connectivity index (χ1v) is 6.23.